The third-order valence-corrected chi connectivity index (χ3v) is 6.72. The highest BCUT2D eigenvalue weighted by Gasteiger charge is 2.26. The number of halogens is 1. The highest BCUT2D eigenvalue weighted by Crippen LogP contribution is 2.31. The predicted molar refractivity (Wildman–Crippen MR) is 129 cm³/mol. The van der Waals surface area contributed by atoms with Crippen molar-refractivity contribution < 1.29 is 9.90 Å². The van der Waals surface area contributed by atoms with Crippen LogP contribution in [-0.4, -0.2) is 15.6 Å². The topological polar surface area (TPSA) is 66.9 Å². The number of nitrogens with zero attached hydrogens (tertiary/aromatic N) is 3. The standard InChI is InChI=1S/C25H18BrN3O2S/c1-14-5-3-7-17(11-14)27-25-29(18-8-4-6-15(2)12-18)24(31)22(32-25)21-19-13-16(26)9-10-20(19)28-23(21)30/h3-13,31H,1-2H3. The zero-order valence-corrected chi connectivity index (χ0v) is 19.7. The van der Waals surface area contributed by atoms with Crippen molar-refractivity contribution in [3.8, 4) is 11.6 Å². The van der Waals surface area contributed by atoms with Gasteiger partial charge in [-0.15, -0.1) is 0 Å². The van der Waals surface area contributed by atoms with E-state index in [0.29, 0.717) is 25.8 Å². The van der Waals surface area contributed by atoms with E-state index in [4.69, 9.17) is 4.99 Å². The maximum Gasteiger partial charge on any atom is 0.279 e. The molecule has 0 bridgehead atoms. The van der Waals surface area contributed by atoms with Gasteiger partial charge in [-0.25, -0.2) is 9.98 Å². The number of aromatic nitrogens is 1. The molecule has 2 heterocycles. The van der Waals surface area contributed by atoms with Crippen LogP contribution in [0.2, 0.25) is 0 Å². The van der Waals surface area contributed by atoms with Gasteiger partial charge < -0.3 is 5.11 Å². The van der Waals surface area contributed by atoms with E-state index in [0.717, 1.165) is 27.0 Å². The molecule has 0 saturated carbocycles. The zero-order valence-electron chi connectivity index (χ0n) is 17.3. The Kier molecular flexibility index (Phi) is 5.15. The quantitative estimate of drug-likeness (QED) is 0.454. The van der Waals surface area contributed by atoms with Crippen LogP contribution in [0.3, 0.4) is 0 Å². The number of hydrogen-bond acceptors (Lipinski definition) is 4. The molecule has 1 N–H and O–H groups in total. The lowest BCUT2D eigenvalue weighted by Crippen LogP contribution is -2.22. The van der Waals surface area contributed by atoms with Gasteiger partial charge in [-0.1, -0.05) is 51.5 Å². The number of hydrogen-bond donors (Lipinski definition) is 1. The van der Waals surface area contributed by atoms with Crippen LogP contribution < -0.4 is 15.4 Å². The van der Waals surface area contributed by atoms with Gasteiger partial charge in [-0.2, -0.15) is 0 Å². The molecule has 5 nitrogen and oxygen atoms in total. The molecular formula is C25H18BrN3O2S. The van der Waals surface area contributed by atoms with Crippen LogP contribution in [0.4, 0.5) is 5.69 Å². The smallest absolute Gasteiger partial charge is 0.279 e. The Morgan fingerprint density at radius 2 is 1.75 bits per heavy atom. The molecule has 0 radical (unpaired) electrons. The molecule has 0 aliphatic carbocycles. The second kappa shape index (κ2) is 8.00. The molecule has 0 spiro atoms. The lowest BCUT2D eigenvalue weighted by molar-refractivity contribution is -0.112. The van der Waals surface area contributed by atoms with Gasteiger partial charge in [-0.3, -0.25) is 9.36 Å². The van der Waals surface area contributed by atoms with Gasteiger partial charge in [0, 0.05) is 9.69 Å². The molecule has 3 aromatic carbocycles. The van der Waals surface area contributed by atoms with Crippen LogP contribution >= 0.6 is 27.3 Å². The highest BCUT2D eigenvalue weighted by atomic mass is 79.9. The molecule has 0 atom stereocenters. The van der Waals surface area contributed by atoms with Gasteiger partial charge in [-0.05, 0) is 67.4 Å². The van der Waals surface area contributed by atoms with Gasteiger partial charge in [0.2, 0.25) is 5.88 Å². The summed E-state index contributed by atoms with van der Waals surface area (Å²) in [5.74, 6) is -0.397. The summed E-state index contributed by atoms with van der Waals surface area (Å²) in [6.45, 7) is 4.00. The summed E-state index contributed by atoms with van der Waals surface area (Å²) in [5, 5.41) is 12.6. The lowest BCUT2D eigenvalue weighted by atomic mass is 10.1. The first-order valence-corrected chi connectivity index (χ1v) is 11.6. The van der Waals surface area contributed by atoms with Crippen LogP contribution in [0.5, 0.6) is 5.88 Å². The molecule has 1 amide bonds. The number of amides is 1. The Morgan fingerprint density at radius 1 is 1.00 bits per heavy atom. The Balaban J connectivity index is 1.85. The number of thiazole rings is 1. The summed E-state index contributed by atoms with van der Waals surface area (Å²) in [6, 6.07) is 21.2. The molecule has 1 aliphatic heterocycles. The first-order valence-electron chi connectivity index (χ1n) is 9.97. The van der Waals surface area contributed by atoms with E-state index in [1.165, 1.54) is 11.3 Å². The van der Waals surface area contributed by atoms with Gasteiger partial charge in [0.1, 0.15) is 4.88 Å². The zero-order chi connectivity index (χ0) is 22.4. The molecule has 0 unspecified atom stereocenters. The van der Waals surface area contributed by atoms with Crippen molar-refractivity contribution in [2.24, 2.45) is 9.98 Å². The SMILES string of the molecule is Cc1cccc(N=c2sc(C3=c4cc(Br)ccc4=NC3=O)c(O)n2-c2cccc(C)c2)c1. The van der Waals surface area contributed by atoms with Crippen LogP contribution in [0.25, 0.3) is 11.3 Å². The first-order chi connectivity index (χ1) is 15.4. The summed E-state index contributed by atoms with van der Waals surface area (Å²) >= 11 is 4.74. The fourth-order valence-corrected chi connectivity index (χ4v) is 5.18. The van der Waals surface area contributed by atoms with E-state index in [9.17, 15) is 9.90 Å². The number of benzene rings is 3. The maximum absolute atomic E-state index is 12.8. The van der Waals surface area contributed by atoms with E-state index in [1.807, 2.05) is 74.5 Å². The number of aromatic hydroxyl groups is 1. The van der Waals surface area contributed by atoms with Crippen LogP contribution in [0.1, 0.15) is 16.0 Å². The fourth-order valence-electron chi connectivity index (χ4n) is 3.72. The fraction of sp³-hybridized carbons (Fsp3) is 0.0800. The largest absolute Gasteiger partial charge is 0.493 e. The average Bonchev–Trinajstić information content (AvgIpc) is 3.23. The average molecular weight is 504 g/mol. The summed E-state index contributed by atoms with van der Waals surface area (Å²) < 4.78 is 2.52. The number of carbonyl (C=O) groups excluding carboxylic acids is 1. The first kappa shape index (κ1) is 20.6. The third-order valence-electron chi connectivity index (χ3n) is 5.18. The number of aryl methyl sites for hydroxylation is 2. The number of fused-ring (bicyclic) bond motifs is 1. The molecule has 32 heavy (non-hydrogen) atoms. The number of carbonyl (C=O) groups is 1. The Hall–Kier alpha value is -3.29. The third kappa shape index (κ3) is 3.63. The summed E-state index contributed by atoms with van der Waals surface area (Å²) in [4.78, 5) is 22.8. The molecule has 0 fully saturated rings. The maximum atomic E-state index is 12.8. The van der Waals surface area contributed by atoms with Crippen molar-refractivity contribution in [1.29, 1.82) is 0 Å². The number of rotatable bonds is 3. The molecule has 158 valence electrons. The van der Waals surface area contributed by atoms with Crippen molar-refractivity contribution in [3.05, 3.63) is 103 Å². The van der Waals surface area contributed by atoms with E-state index >= 15 is 0 Å². The second-order valence-electron chi connectivity index (χ2n) is 7.62. The van der Waals surface area contributed by atoms with Crippen molar-refractivity contribution in [2.75, 3.05) is 0 Å². The van der Waals surface area contributed by atoms with E-state index in [1.54, 1.807) is 10.6 Å². The Morgan fingerprint density at radius 3 is 2.50 bits per heavy atom. The van der Waals surface area contributed by atoms with Gasteiger partial charge in [0.15, 0.2) is 4.80 Å². The minimum Gasteiger partial charge on any atom is -0.493 e. The molecule has 5 rings (SSSR count). The van der Waals surface area contributed by atoms with Gasteiger partial charge in [0.25, 0.3) is 5.91 Å². The molecule has 4 aromatic rings. The minimum atomic E-state index is -0.367. The summed E-state index contributed by atoms with van der Waals surface area (Å²) in [7, 11) is 0. The normalized spacial score (nSPS) is 13.4. The van der Waals surface area contributed by atoms with Gasteiger partial charge in [0.05, 0.1) is 22.3 Å². The molecule has 7 heteroatoms. The van der Waals surface area contributed by atoms with Crippen molar-refractivity contribution in [1.82, 2.24) is 4.57 Å². The summed E-state index contributed by atoms with van der Waals surface area (Å²) in [5.41, 5.74) is 4.07. The van der Waals surface area contributed by atoms with Crippen LogP contribution in [0.15, 0.2) is 81.2 Å². The van der Waals surface area contributed by atoms with E-state index in [-0.39, 0.29) is 11.8 Å². The van der Waals surface area contributed by atoms with Crippen molar-refractivity contribution >= 4 is 44.4 Å². The lowest BCUT2D eigenvalue weighted by Gasteiger charge is -2.07. The van der Waals surface area contributed by atoms with E-state index in [2.05, 4.69) is 20.9 Å². The molecule has 1 aliphatic rings. The van der Waals surface area contributed by atoms with Crippen LogP contribution in [0, 0.1) is 13.8 Å². The predicted octanol–water partition coefficient (Wildman–Crippen LogP) is 4.21. The van der Waals surface area contributed by atoms with Crippen molar-refractivity contribution in [3.63, 3.8) is 0 Å². The van der Waals surface area contributed by atoms with Crippen LogP contribution in [-0.2, 0) is 4.79 Å². The highest BCUT2D eigenvalue weighted by molar-refractivity contribution is 9.10. The monoisotopic (exact) mass is 503 g/mol. The minimum absolute atomic E-state index is 0.0293. The van der Waals surface area contributed by atoms with E-state index < -0.39 is 0 Å². The molecule has 1 aromatic heterocycles. The Labute approximate surface area is 196 Å². The Bertz CT molecular complexity index is 1600. The summed E-state index contributed by atoms with van der Waals surface area (Å²) in [6.07, 6.45) is 0. The van der Waals surface area contributed by atoms with Gasteiger partial charge >= 0.3 is 0 Å². The molecular weight excluding hydrogens is 486 g/mol. The second-order valence-corrected chi connectivity index (χ2v) is 9.51. The van der Waals surface area contributed by atoms with Crippen molar-refractivity contribution in [2.45, 2.75) is 13.8 Å². The molecule has 0 saturated heterocycles.